The van der Waals surface area contributed by atoms with E-state index in [-0.39, 0.29) is 5.91 Å². The van der Waals surface area contributed by atoms with E-state index in [2.05, 4.69) is 40.7 Å². The van der Waals surface area contributed by atoms with Gasteiger partial charge >= 0.3 is 0 Å². The lowest BCUT2D eigenvalue weighted by Gasteiger charge is -2.22. The SMILES string of the molecule is CNc1cc2ncc(-c3cc(NC(=O)c4n[nH]c5c4CN(C)CC5)cnc3C)cc2cn1. The summed E-state index contributed by atoms with van der Waals surface area (Å²) in [5, 5.41) is 14.2. The molecule has 0 saturated carbocycles. The maximum absolute atomic E-state index is 13.0. The molecule has 0 unspecified atom stereocenters. The van der Waals surface area contributed by atoms with Gasteiger partial charge in [0, 0.05) is 78.5 Å². The highest BCUT2D eigenvalue weighted by Crippen LogP contribution is 2.28. The molecule has 162 valence electrons. The van der Waals surface area contributed by atoms with Crippen molar-refractivity contribution in [3.63, 3.8) is 0 Å². The Bertz CT molecular complexity index is 1330. The number of nitrogens with one attached hydrogen (secondary N) is 3. The third-order valence-electron chi connectivity index (χ3n) is 5.82. The number of hydrogen-bond acceptors (Lipinski definition) is 7. The second-order valence-electron chi connectivity index (χ2n) is 8.06. The number of carbonyl (C=O) groups is 1. The summed E-state index contributed by atoms with van der Waals surface area (Å²) in [5.74, 6) is 0.530. The normalized spacial score (nSPS) is 13.7. The van der Waals surface area contributed by atoms with Crippen molar-refractivity contribution in [3.05, 3.63) is 59.4 Å². The number of aromatic nitrogens is 5. The van der Waals surface area contributed by atoms with Crippen LogP contribution in [-0.4, -0.2) is 56.6 Å². The second-order valence-corrected chi connectivity index (χ2v) is 8.06. The van der Waals surface area contributed by atoms with Crippen LogP contribution >= 0.6 is 0 Å². The minimum Gasteiger partial charge on any atom is -0.373 e. The summed E-state index contributed by atoms with van der Waals surface area (Å²) >= 11 is 0. The van der Waals surface area contributed by atoms with Gasteiger partial charge in [0.25, 0.3) is 5.91 Å². The third-order valence-corrected chi connectivity index (χ3v) is 5.82. The number of nitrogens with zero attached hydrogens (tertiary/aromatic N) is 5. The molecular formula is C23H24N8O. The minimum atomic E-state index is -0.241. The maximum Gasteiger partial charge on any atom is 0.276 e. The molecule has 0 aromatic carbocycles. The topological polar surface area (TPSA) is 112 Å². The molecule has 5 rings (SSSR count). The van der Waals surface area contributed by atoms with Gasteiger partial charge in [0.05, 0.1) is 17.4 Å². The van der Waals surface area contributed by atoms with E-state index in [1.165, 1.54) is 0 Å². The molecule has 0 fully saturated rings. The molecule has 1 aliphatic rings. The van der Waals surface area contributed by atoms with Gasteiger partial charge in [-0.3, -0.25) is 19.9 Å². The van der Waals surface area contributed by atoms with Crippen LogP contribution in [0.25, 0.3) is 22.0 Å². The molecule has 9 nitrogen and oxygen atoms in total. The van der Waals surface area contributed by atoms with Crippen LogP contribution in [0.2, 0.25) is 0 Å². The molecule has 9 heteroatoms. The fraction of sp³-hybridized carbons (Fsp3) is 0.261. The van der Waals surface area contributed by atoms with Crippen LogP contribution in [0.3, 0.4) is 0 Å². The summed E-state index contributed by atoms with van der Waals surface area (Å²) in [5.41, 5.74) is 6.57. The van der Waals surface area contributed by atoms with E-state index < -0.39 is 0 Å². The van der Waals surface area contributed by atoms with Crippen molar-refractivity contribution in [1.82, 2.24) is 30.0 Å². The van der Waals surface area contributed by atoms with Crippen LogP contribution in [0, 0.1) is 6.92 Å². The summed E-state index contributed by atoms with van der Waals surface area (Å²) in [4.78, 5) is 28.6. The molecule has 32 heavy (non-hydrogen) atoms. The predicted octanol–water partition coefficient (Wildman–Crippen LogP) is 3.01. The average molecular weight is 429 g/mol. The number of likely N-dealkylation sites (N-methyl/N-ethyl adjacent to an activating group) is 1. The Labute approximate surface area is 185 Å². The summed E-state index contributed by atoms with van der Waals surface area (Å²) in [6.45, 7) is 3.60. The Morgan fingerprint density at radius 1 is 1.12 bits per heavy atom. The highest BCUT2D eigenvalue weighted by molar-refractivity contribution is 6.04. The number of amides is 1. The Morgan fingerprint density at radius 2 is 2.00 bits per heavy atom. The average Bonchev–Trinajstić information content (AvgIpc) is 3.22. The first-order valence-electron chi connectivity index (χ1n) is 10.5. The van der Waals surface area contributed by atoms with Crippen LogP contribution in [0.1, 0.15) is 27.4 Å². The lowest BCUT2D eigenvalue weighted by Crippen LogP contribution is -2.27. The molecule has 1 aliphatic heterocycles. The van der Waals surface area contributed by atoms with Gasteiger partial charge < -0.3 is 15.5 Å². The monoisotopic (exact) mass is 428 g/mol. The fourth-order valence-electron chi connectivity index (χ4n) is 4.01. The highest BCUT2D eigenvalue weighted by Gasteiger charge is 2.24. The van der Waals surface area contributed by atoms with Gasteiger partial charge in [-0.15, -0.1) is 0 Å². The predicted molar refractivity (Wildman–Crippen MR) is 124 cm³/mol. The van der Waals surface area contributed by atoms with Crippen LogP contribution < -0.4 is 10.6 Å². The summed E-state index contributed by atoms with van der Waals surface area (Å²) in [6, 6.07) is 5.86. The van der Waals surface area contributed by atoms with Gasteiger partial charge in [-0.25, -0.2) is 4.98 Å². The van der Waals surface area contributed by atoms with Gasteiger partial charge in [0.2, 0.25) is 0 Å². The van der Waals surface area contributed by atoms with Crippen molar-refractivity contribution in [2.75, 3.05) is 31.3 Å². The number of rotatable bonds is 4. The zero-order valence-electron chi connectivity index (χ0n) is 18.2. The van der Waals surface area contributed by atoms with Crippen molar-refractivity contribution in [3.8, 4) is 11.1 Å². The first-order valence-corrected chi connectivity index (χ1v) is 10.5. The lowest BCUT2D eigenvalue weighted by molar-refractivity contribution is 0.102. The Morgan fingerprint density at radius 3 is 2.84 bits per heavy atom. The van der Waals surface area contributed by atoms with Crippen molar-refractivity contribution in [2.45, 2.75) is 19.9 Å². The highest BCUT2D eigenvalue weighted by atomic mass is 16.2. The Kier molecular flexibility index (Phi) is 5.02. The zero-order valence-corrected chi connectivity index (χ0v) is 18.2. The number of hydrogen-bond donors (Lipinski definition) is 3. The second kappa shape index (κ2) is 8.01. The Hall–Kier alpha value is -3.85. The molecule has 0 aliphatic carbocycles. The standard InChI is InChI=1S/C23H24N8O/c1-13-17(14-6-15-10-27-21(24-2)8-20(15)26-9-14)7-16(11-25-13)28-23(32)22-18-12-31(3)5-4-19(18)29-30-22/h6-11H,4-5,12H2,1-3H3,(H,24,27)(H,28,32)(H,29,30). The molecular weight excluding hydrogens is 404 g/mol. The summed E-state index contributed by atoms with van der Waals surface area (Å²) in [6.07, 6.45) is 6.14. The van der Waals surface area contributed by atoms with E-state index in [0.717, 1.165) is 57.8 Å². The smallest absolute Gasteiger partial charge is 0.276 e. The van der Waals surface area contributed by atoms with E-state index in [1.807, 2.05) is 45.4 Å². The largest absolute Gasteiger partial charge is 0.373 e. The number of fused-ring (bicyclic) bond motifs is 2. The van der Waals surface area contributed by atoms with Gasteiger partial charge in [-0.05, 0) is 26.1 Å². The fourth-order valence-corrected chi connectivity index (χ4v) is 4.01. The maximum atomic E-state index is 13.0. The summed E-state index contributed by atoms with van der Waals surface area (Å²) in [7, 11) is 3.87. The van der Waals surface area contributed by atoms with Crippen molar-refractivity contribution < 1.29 is 4.79 Å². The number of H-pyrrole nitrogens is 1. The molecule has 0 radical (unpaired) electrons. The molecule has 3 N–H and O–H groups in total. The quantitative estimate of drug-likeness (QED) is 0.458. The van der Waals surface area contributed by atoms with Crippen LogP contribution in [0.5, 0.6) is 0 Å². The van der Waals surface area contributed by atoms with Crippen LogP contribution in [0.15, 0.2) is 36.8 Å². The molecule has 4 aromatic heterocycles. The molecule has 5 heterocycles. The molecule has 0 atom stereocenters. The molecule has 0 spiro atoms. The van der Waals surface area contributed by atoms with Crippen molar-refractivity contribution in [2.24, 2.45) is 0 Å². The number of aryl methyl sites for hydroxylation is 1. The molecule has 0 bridgehead atoms. The number of aromatic amines is 1. The van der Waals surface area contributed by atoms with E-state index in [1.54, 1.807) is 12.4 Å². The van der Waals surface area contributed by atoms with E-state index >= 15 is 0 Å². The summed E-state index contributed by atoms with van der Waals surface area (Å²) < 4.78 is 0. The van der Waals surface area contributed by atoms with Gasteiger partial charge in [0.15, 0.2) is 5.69 Å². The van der Waals surface area contributed by atoms with Crippen molar-refractivity contribution in [1.29, 1.82) is 0 Å². The third kappa shape index (κ3) is 3.67. The lowest BCUT2D eigenvalue weighted by atomic mass is 10.0. The Balaban J connectivity index is 1.44. The first-order chi connectivity index (χ1) is 15.5. The van der Waals surface area contributed by atoms with E-state index in [4.69, 9.17) is 0 Å². The van der Waals surface area contributed by atoms with E-state index in [9.17, 15) is 4.79 Å². The van der Waals surface area contributed by atoms with Gasteiger partial charge in [0.1, 0.15) is 5.82 Å². The van der Waals surface area contributed by atoms with Crippen LogP contribution in [0.4, 0.5) is 11.5 Å². The van der Waals surface area contributed by atoms with Crippen molar-refractivity contribution >= 4 is 28.3 Å². The van der Waals surface area contributed by atoms with Gasteiger partial charge in [-0.2, -0.15) is 5.10 Å². The minimum absolute atomic E-state index is 0.241. The van der Waals surface area contributed by atoms with Gasteiger partial charge in [-0.1, -0.05) is 0 Å². The van der Waals surface area contributed by atoms with E-state index in [0.29, 0.717) is 17.9 Å². The molecule has 0 saturated heterocycles. The molecule has 4 aromatic rings. The number of carbonyl (C=O) groups excluding carboxylic acids is 1. The number of anilines is 2. The first kappa shape index (κ1) is 20.1. The zero-order chi connectivity index (χ0) is 22.2. The number of pyridine rings is 3. The molecule has 1 amide bonds. The van der Waals surface area contributed by atoms with Crippen LogP contribution in [-0.2, 0) is 13.0 Å².